The molecule has 2 fully saturated rings. The molecule has 2 saturated heterocycles. The zero-order chi connectivity index (χ0) is 12.8. The van der Waals surface area contributed by atoms with Crippen LogP contribution in [0.2, 0.25) is 0 Å². The number of rotatable bonds is 6. The molecule has 0 bridgehead atoms. The van der Waals surface area contributed by atoms with Gasteiger partial charge in [-0.3, -0.25) is 0 Å². The Balaban J connectivity index is 1.88. The van der Waals surface area contributed by atoms with Crippen molar-refractivity contribution in [2.45, 2.75) is 38.1 Å². The maximum absolute atomic E-state index is 5.89. The van der Waals surface area contributed by atoms with Gasteiger partial charge < -0.3 is 9.80 Å². The normalized spacial score (nSPS) is 29.5. The van der Waals surface area contributed by atoms with E-state index in [2.05, 4.69) is 9.80 Å². The lowest BCUT2D eigenvalue weighted by Crippen LogP contribution is -2.51. The van der Waals surface area contributed by atoms with E-state index >= 15 is 0 Å². The molecule has 0 N–H and O–H groups in total. The molecule has 0 aromatic rings. The number of fused-ring (bicyclic) bond motifs is 1. The van der Waals surface area contributed by atoms with Crippen molar-refractivity contribution in [2.75, 3.05) is 44.5 Å². The zero-order valence-electron chi connectivity index (χ0n) is 11.3. The lowest BCUT2D eigenvalue weighted by molar-refractivity contribution is 0.0424. The standard InChI is InChI=1S/C14H26Cl2N2/c15-6-10-17(11-7-16)12-13-4-3-9-18-8-2-1-5-14(13)18/h13-14H,1-12H2/t13-,14-/m0/s1. The largest absolute Gasteiger partial charge is 0.301 e. The first-order valence-corrected chi connectivity index (χ1v) is 8.50. The highest BCUT2D eigenvalue weighted by Crippen LogP contribution is 2.31. The van der Waals surface area contributed by atoms with Gasteiger partial charge in [-0.15, -0.1) is 23.2 Å². The summed E-state index contributed by atoms with van der Waals surface area (Å²) in [6, 6.07) is 0.834. The van der Waals surface area contributed by atoms with Crippen molar-refractivity contribution in [1.82, 2.24) is 9.80 Å². The van der Waals surface area contributed by atoms with Crippen LogP contribution in [0.15, 0.2) is 0 Å². The van der Waals surface area contributed by atoms with Crippen LogP contribution in [0.3, 0.4) is 0 Å². The van der Waals surface area contributed by atoms with Gasteiger partial charge >= 0.3 is 0 Å². The fourth-order valence-corrected chi connectivity index (χ4v) is 4.13. The van der Waals surface area contributed by atoms with Gasteiger partial charge in [0.25, 0.3) is 0 Å². The Labute approximate surface area is 122 Å². The zero-order valence-corrected chi connectivity index (χ0v) is 12.8. The van der Waals surface area contributed by atoms with Gasteiger partial charge in [0.05, 0.1) is 0 Å². The fourth-order valence-electron chi connectivity index (χ4n) is 3.66. The second-order valence-electron chi connectivity index (χ2n) is 5.68. The van der Waals surface area contributed by atoms with Crippen LogP contribution in [-0.2, 0) is 0 Å². The molecule has 0 spiro atoms. The summed E-state index contributed by atoms with van der Waals surface area (Å²) in [6.45, 7) is 5.81. The smallest absolute Gasteiger partial charge is 0.0351 e. The molecule has 2 aliphatic rings. The maximum Gasteiger partial charge on any atom is 0.0351 e. The van der Waals surface area contributed by atoms with E-state index in [4.69, 9.17) is 23.2 Å². The van der Waals surface area contributed by atoms with E-state index in [0.717, 1.165) is 36.8 Å². The van der Waals surface area contributed by atoms with E-state index in [9.17, 15) is 0 Å². The fraction of sp³-hybridized carbons (Fsp3) is 1.00. The molecule has 2 aliphatic heterocycles. The molecule has 2 atom stereocenters. The Morgan fingerprint density at radius 3 is 2.39 bits per heavy atom. The second-order valence-corrected chi connectivity index (χ2v) is 6.44. The van der Waals surface area contributed by atoms with Crippen LogP contribution >= 0.6 is 23.2 Å². The van der Waals surface area contributed by atoms with Crippen molar-refractivity contribution >= 4 is 23.2 Å². The summed E-state index contributed by atoms with van der Waals surface area (Å²) in [5, 5.41) is 0. The topological polar surface area (TPSA) is 6.48 Å². The van der Waals surface area contributed by atoms with Crippen molar-refractivity contribution in [3.8, 4) is 0 Å². The van der Waals surface area contributed by atoms with E-state index < -0.39 is 0 Å². The molecule has 0 radical (unpaired) electrons. The number of piperidine rings is 2. The molecule has 0 saturated carbocycles. The van der Waals surface area contributed by atoms with Crippen LogP contribution in [0.25, 0.3) is 0 Å². The molecule has 0 aromatic heterocycles. The van der Waals surface area contributed by atoms with Crippen LogP contribution in [0.1, 0.15) is 32.1 Å². The summed E-state index contributed by atoms with van der Waals surface area (Å²) in [5.74, 6) is 2.28. The number of alkyl halides is 2. The molecule has 106 valence electrons. The molecule has 0 unspecified atom stereocenters. The van der Waals surface area contributed by atoms with E-state index in [1.807, 2.05) is 0 Å². The number of nitrogens with zero attached hydrogens (tertiary/aromatic N) is 2. The lowest BCUT2D eigenvalue weighted by Gasteiger charge is -2.45. The molecule has 2 heterocycles. The predicted molar refractivity (Wildman–Crippen MR) is 79.8 cm³/mol. The third-order valence-corrected chi connectivity index (χ3v) is 4.86. The van der Waals surface area contributed by atoms with Crippen LogP contribution in [-0.4, -0.2) is 60.3 Å². The summed E-state index contributed by atoms with van der Waals surface area (Å²) in [5.41, 5.74) is 0. The summed E-state index contributed by atoms with van der Waals surface area (Å²) < 4.78 is 0. The first-order valence-electron chi connectivity index (χ1n) is 7.43. The van der Waals surface area contributed by atoms with E-state index in [1.54, 1.807) is 0 Å². The average Bonchev–Trinajstić information content (AvgIpc) is 2.40. The number of hydrogen-bond acceptors (Lipinski definition) is 2. The summed E-state index contributed by atoms with van der Waals surface area (Å²) in [6.07, 6.45) is 6.98. The highest BCUT2D eigenvalue weighted by atomic mass is 35.5. The maximum atomic E-state index is 5.89. The third kappa shape index (κ3) is 4.00. The van der Waals surface area contributed by atoms with Crippen LogP contribution in [0.4, 0.5) is 0 Å². The van der Waals surface area contributed by atoms with Gasteiger partial charge in [-0.05, 0) is 44.7 Å². The number of halogens is 2. The first kappa shape index (κ1) is 14.9. The molecule has 4 heteroatoms. The molecule has 0 aliphatic carbocycles. The molecule has 2 nitrogen and oxygen atoms in total. The van der Waals surface area contributed by atoms with Crippen LogP contribution in [0, 0.1) is 5.92 Å². The summed E-state index contributed by atoms with van der Waals surface area (Å²) >= 11 is 11.8. The van der Waals surface area contributed by atoms with Crippen molar-refractivity contribution in [1.29, 1.82) is 0 Å². The van der Waals surface area contributed by atoms with Crippen molar-refractivity contribution < 1.29 is 0 Å². The molecule has 2 rings (SSSR count). The Morgan fingerprint density at radius 2 is 1.67 bits per heavy atom. The van der Waals surface area contributed by atoms with Gasteiger partial charge in [0.2, 0.25) is 0 Å². The van der Waals surface area contributed by atoms with Gasteiger partial charge in [-0.2, -0.15) is 0 Å². The van der Waals surface area contributed by atoms with Crippen molar-refractivity contribution in [3.05, 3.63) is 0 Å². The Kier molecular flexibility index (Phi) is 6.57. The molecule has 0 aromatic carbocycles. The Hall–Kier alpha value is 0.500. The molecule has 0 amide bonds. The van der Waals surface area contributed by atoms with E-state index in [-0.39, 0.29) is 0 Å². The molecule has 18 heavy (non-hydrogen) atoms. The van der Waals surface area contributed by atoms with Crippen molar-refractivity contribution in [2.24, 2.45) is 5.92 Å². The van der Waals surface area contributed by atoms with Crippen LogP contribution < -0.4 is 0 Å². The minimum Gasteiger partial charge on any atom is -0.301 e. The third-order valence-electron chi connectivity index (χ3n) is 4.52. The minimum atomic E-state index is 0.720. The lowest BCUT2D eigenvalue weighted by atomic mass is 9.83. The number of hydrogen-bond donors (Lipinski definition) is 0. The first-order chi connectivity index (χ1) is 8.85. The highest BCUT2D eigenvalue weighted by Gasteiger charge is 2.33. The quantitative estimate of drug-likeness (QED) is 0.695. The summed E-state index contributed by atoms with van der Waals surface area (Å²) in [7, 11) is 0. The molecular formula is C14H26Cl2N2. The van der Waals surface area contributed by atoms with Gasteiger partial charge in [0, 0.05) is 37.4 Å². The Bertz CT molecular complexity index is 230. The second kappa shape index (κ2) is 7.94. The van der Waals surface area contributed by atoms with E-state index in [0.29, 0.717) is 0 Å². The Morgan fingerprint density at radius 1 is 0.944 bits per heavy atom. The molecular weight excluding hydrogens is 267 g/mol. The highest BCUT2D eigenvalue weighted by molar-refractivity contribution is 6.18. The van der Waals surface area contributed by atoms with Crippen molar-refractivity contribution in [3.63, 3.8) is 0 Å². The predicted octanol–water partition coefficient (Wildman–Crippen LogP) is 3.03. The van der Waals surface area contributed by atoms with Crippen LogP contribution in [0.5, 0.6) is 0 Å². The SMILES string of the molecule is ClCCN(CCCl)C[C@@H]1CCCN2CCCC[C@@H]12. The van der Waals surface area contributed by atoms with Gasteiger partial charge in [-0.1, -0.05) is 6.42 Å². The summed E-state index contributed by atoms with van der Waals surface area (Å²) in [4.78, 5) is 5.19. The van der Waals surface area contributed by atoms with E-state index in [1.165, 1.54) is 51.7 Å². The van der Waals surface area contributed by atoms with Gasteiger partial charge in [0.15, 0.2) is 0 Å². The van der Waals surface area contributed by atoms with Gasteiger partial charge in [0.1, 0.15) is 0 Å². The average molecular weight is 293 g/mol. The van der Waals surface area contributed by atoms with Gasteiger partial charge in [-0.25, -0.2) is 0 Å². The monoisotopic (exact) mass is 292 g/mol. The minimum absolute atomic E-state index is 0.720.